The Labute approximate surface area is 195 Å². The molecule has 2 aromatic rings. The van der Waals surface area contributed by atoms with Crippen molar-refractivity contribution >= 4 is 54.3 Å². The van der Waals surface area contributed by atoms with Crippen LogP contribution >= 0.6 is 43.0 Å². The van der Waals surface area contributed by atoms with Gasteiger partial charge in [-0.05, 0) is 0 Å². The predicted molar refractivity (Wildman–Crippen MR) is 111 cm³/mol. The van der Waals surface area contributed by atoms with Crippen LogP contribution in [0.5, 0.6) is 0 Å². The minimum atomic E-state index is -0.851. The van der Waals surface area contributed by atoms with E-state index >= 15 is 0 Å². The molecule has 0 bridgehead atoms. The molecule has 0 saturated heterocycles. The van der Waals surface area contributed by atoms with E-state index < -0.39 is 20.1 Å². The maximum absolute atomic E-state index is 3.12. The Kier molecular flexibility index (Phi) is 14.0. The van der Waals surface area contributed by atoms with Gasteiger partial charge in [0.25, 0.3) is 0 Å². The van der Waals surface area contributed by atoms with Crippen molar-refractivity contribution < 1.29 is 51.5 Å². The van der Waals surface area contributed by atoms with Crippen LogP contribution in [0.4, 0.5) is 11.4 Å². The predicted octanol–water partition coefficient (Wildman–Crippen LogP) is -0.830. The van der Waals surface area contributed by atoms with Crippen molar-refractivity contribution in [2.24, 2.45) is 0 Å². The van der Waals surface area contributed by atoms with E-state index in [4.69, 9.17) is 0 Å². The molecular formula is C17H23I4N2-. The third-order valence-corrected chi connectivity index (χ3v) is 9.94. The Morgan fingerprint density at radius 2 is 1.43 bits per heavy atom. The summed E-state index contributed by atoms with van der Waals surface area (Å²) >= 11 is 1.30. The number of alkyl halides is 2. The summed E-state index contributed by atoms with van der Waals surface area (Å²) in [6, 6.07) is 17.6. The van der Waals surface area contributed by atoms with Crippen molar-refractivity contribution in [3.8, 4) is 11.1 Å². The number of hydrogen-bond acceptors (Lipinski definition) is 1. The second kappa shape index (κ2) is 13.3. The molecule has 0 heterocycles. The molecule has 0 aliphatic rings. The molecule has 130 valence electrons. The maximum atomic E-state index is 3.12. The Hall–Kier alpha value is 1.12. The standard InChI is InChI=1S/C17H22I2N2.2HI/c1-3-13-19(4-2)21-17-11-7-15(8-12-17)14-5-9-16(20-18)10-6-14;;/h5-12,20-21H,3-4,13H2,1-2H3;2*1H/p-1. The first-order chi connectivity index (χ1) is 10.3. The average Bonchev–Trinajstić information content (AvgIpc) is 2.55. The SMILES string of the molecule is CCCI(CC)[NH2+]c1ccc(-c2ccc(NI)cc2)cc1.[I-].[I-]. The van der Waals surface area contributed by atoms with E-state index in [1.54, 1.807) is 0 Å². The van der Waals surface area contributed by atoms with Gasteiger partial charge in [-0.3, -0.25) is 0 Å². The van der Waals surface area contributed by atoms with E-state index in [9.17, 15) is 0 Å². The average molecular weight is 763 g/mol. The van der Waals surface area contributed by atoms with Gasteiger partial charge >= 0.3 is 150 Å². The van der Waals surface area contributed by atoms with Crippen molar-refractivity contribution in [2.45, 2.75) is 20.3 Å². The molecule has 2 nitrogen and oxygen atoms in total. The topological polar surface area (TPSA) is 28.6 Å². The summed E-state index contributed by atoms with van der Waals surface area (Å²) < 4.78 is 8.51. The summed E-state index contributed by atoms with van der Waals surface area (Å²) in [5, 5.41) is 0. The molecule has 2 rings (SSSR count). The zero-order valence-corrected chi connectivity index (χ0v) is 22.0. The number of anilines is 1. The molecule has 0 amide bonds. The Morgan fingerprint density at radius 3 is 1.87 bits per heavy atom. The van der Waals surface area contributed by atoms with Crippen molar-refractivity contribution in [2.75, 3.05) is 12.4 Å². The van der Waals surface area contributed by atoms with Crippen LogP contribution < -0.4 is 55.0 Å². The van der Waals surface area contributed by atoms with E-state index in [-0.39, 0.29) is 48.0 Å². The second-order valence-electron chi connectivity index (χ2n) is 4.86. The van der Waals surface area contributed by atoms with Crippen LogP contribution in [0.3, 0.4) is 0 Å². The Balaban J connectivity index is 0.00000242. The van der Waals surface area contributed by atoms with Crippen LogP contribution in [0.2, 0.25) is 0 Å². The fourth-order valence-corrected chi connectivity index (χ4v) is 6.85. The molecule has 0 fully saturated rings. The van der Waals surface area contributed by atoms with Gasteiger partial charge in [0.15, 0.2) is 0 Å². The minimum Gasteiger partial charge on any atom is -1.00 e. The Morgan fingerprint density at radius 1 is 0.913 bits per heavy atom. The minimum absolute atomic E-state index is 0. The molecule has 3 N–H and O–H groups in total. The van der Waals surface area contributed by atoms with Crippen molar-refractivity contribution in [1.82, 2.24) is 0 Å². The van der Waals surface area contributed by atoms with Crippen LogP contribution in [0, 0.1) is 0 Å². The van der Waals surface area contributed by atoms with E-state index in [1.807, 2.05) is 0 Å². The summed E-state index contributed by atoms with van der Waals surface area (Å²) in [6.45, 7) is 4.64. The Bertz CT molecular complexity index is 544. The van der Waals surface area contributed by atoms with Crippen molar-refractivity contribution in [3.63, 3.8) is 0 Å². The molecule has 2 aromatic carbocycles. The van der Waals surface area contributed by atoms with Crippen molar-refractivity contribution in [3.05, 3.63) is 48.5 Å². The largest absolute Gasteiger partial charge is 1.00 e. The molecule has 23 heavy (non-hydrogen) atoms. The summed E-state index contributed by atoms with van der Waals surface area (Å²) in [5.41, 5.74) is 5.11. The van der Waals surface area contributed by atoms with Gasteiger partial charge < -0.3 is 48.0 Å². The second-order valence-corrected chi connectivity index (χ2v) is 11.5. The van der Waals surface area contributed by atoms with Gasteiger partial charge in [-0.1, -0.05) is 0 Å². The zero-order chi connectivity index (χ0) is 15.1. The van der Waals surface area contributed by atoms with Crippen LogP contribution in [0.25, 0.3) is 11.1 Å². The van der Waals surface area contributed by atoms with Gasteiger partial charge in [-0.15, -0.1) is 0 Å². The number of nitrogens with two attached hydrogens (primary N) is 1. The fourth-order valence-electron chi connectivity index (χ4n) is 2.16. The van der Waals surface area contributed by atoms with Gasteiger partial charge in [-0.25, -0.2) is 0 Å². The number of benzene rings is 2. The van der Waals surface area contributed by atoms with Gasteiger partial charge in [0.1, 0.15) is 0 Å². The van der Waals surface area contributed by atoms with Crippen LogP contribution in [0.1, 0.15) is 20.3 Å². The normalized spacial score (nSPS) is 10.3. The first-order valence-electron chi connectivity index (χ1n) is 7.29. The molecule has 0 spiro atoms. The third-order valence-electron chi connectivity index (χ3n) is 3.29. The van der Waals surface area contributed by atoms with Gasteiger partial charge in [0.2, 0.25) is 0 Å². The quantitative estimate of drug-likeness (QED) is 0.164. The summed E-state index contributed by atoms with van der Waals surface area (Å²) in [4.78, 5) is 0. The summed E-state index contributed by atoms with van der Waals surface area (Å²) in [6.07, 6.45) is 1.32. The van der Waals surface area contributed by atoms with Gasteiger partial charge in [0, 0.05) is 0 Å². The smallest absolute Gasteiger partial charge is 1.00 e. The monoisotopic (exact) mass is 763 g/mol. The molecule has 6 heteroatoms. The third kappa shape index (κ3) is 7.90. The van der Waals surface area contributed by atoms with Gasteiger partial charge in [-0.2, -0.15) is 0 Å². The number of quaternary nitrogens is 1. The molecule has 0 saturated carbocycles. The number of halogens is 4. The zero-order valence-electron chi connectivity index (χ0n) is 13.3. The van der Waals surface area contributed by atoms with Crippen LogP contribution in [-0.4, -0.2) is 8.86 Å². The fraction of sp³-hybridized carbons (Fsp3) is 0.294. The molecule has 0 aliphatic heterocycles. The number of hydrogen-bond donors (Lipinski definition) is 2. The van der Waals surface area contributed by atoms with E-state index in [1.165, 1.54) is 32.1 Å². The first-order valence-corrected chi connectivity index (χ1v) is 12.7. The van der Waals surface area contributed by atoms with E-state index in [2.05, 4.69) is 92.3 Å². The molecule has 0 unspecified atom stereocenters. The number of nitrogens with one attached hydrogen (secondary N) is 1. The van der Waals surface area contributed by atoms with E-state index in [0.717, 1.165) is 5.69 Å². The molecular weight excluding hydrogens is 740 g/mol. The summed E-state index contributed by atoms with van der Waals surface area (Å²) in [5.74, 6) is 0. The molecule has 0 atom stereocenters. The van der Waals surface area contributed by atoms with E-state index in [0.29, 0.717) is 0 Å². The molecule has 0 radical (unpaired) electrons. The van der Waals surface area contributed by atoms with Crippen LogP contribution in [0.15, 0.2) is 48.5 Å². The summed E-state index contributed by atoms with van der Waals surface area (Å²) in [7, 11) is 0. The first kappa shape index (κ1) is 24.1. The number of rotatable bonds is 7. The van der Waals surface area contributed by atoms with Crippen molar-refractivity contribution in [1.29, 1.82) is 0 Å². The maximum Gasteiger partial charge on any atom is -1.00 e. The van der Waals surface area contributed by atoms with Crippen LogP contribution in [-0.2, 0) is 0 Å². The van der Waals surface area contributed by atoms with Gasteiger partial charge in [0.05, 0.1) is 0 Å². The molecule has 0 aliphatic carbocycles. The molecule has 0 aromatic heterocycles.